The number of esters is 1. The molecule has 0 aliphatic heterocycles. The largest absolute Gasteiger partial charge is 0.452 e. The second-order valence-corrected chi connectivity index (χ2v) is 6.85. The highest BCUT2D eigenvalue weighted by atomic mass is 16.5. The second-order valence-electron chi connectivity index (χ2n) is 6.85. The fourth-order valence-corrected chi connectivity index (χ4v) is 3.06. The van der Waals surface area contributed by atoms with E-state index < -0.39 is 5.97 Å². The molecule has 0 aliphatic rings. The number of aryl methyl sites for hydroxylation is 2. The van der Waals surface area contributed by atoms with Crippen molar-refractivity contribution in [3.63, 3.8) is 0 Å². The van der Waals surface area contributed by atoms with Crippen LogP contribution in [0.5, 0.6) is 0 Å². The average molecular weight is 376 g/mol. The molecule has 2 aromatic carbocycles. The number of hydrogen-bond donors (Lipinski definition) is 1. The minimum absolute atomic E-state index is 0.324. The third-order valence-electron chi connectivity index (χ3n) is 4.65. The first-order chi connectivity index (χ1) is 13.4. The standard InChI is InChI=1S/C23H24N2O3/c1-16-9-11-20(12-10-16)24-22(26)15-28-23(27)21-13-17(2)25(18(21)3)14-19-7-5-4-6-8-19/h4-13H,14-15H2,1-3H3,(H,24,26). The van der Waals surface area contributed by atoms with Crippen LogP contribution < -0.4 is 5.32 Å². The number of ether oxygens (including phenoxy) is 1. The van der Waals surface area contributed by atoms with Gasteiger partial charge in [-0.3, -0.25) is 4.79 Å². The predicted octanol–water partition coefficient (Wildman–Crippen LogP) is 4.26. The molecular formula is C23H24N2O3. The molecule has 0 bridgehead atoms. The number of nitrogens with one attached hydrogen (secondary N) is 1. The summed E-state index contributed by atoms with van der Waals surface area (Å²) in [6.45, 7) is 6.17. The molecule has 0 radical (unpaired) electrons. The Kier molecular flexibility index (Phi) is 5.94. The van der Waals surface area contributed by atoms with Crippen molar-refractivity contribution in [2.45, 2.75) is 27.3 Å². The number of anilines is 1. The smallest absolute Gasteiger partial charge is 0.340 e. The zero-order valence-electron chi connectivity index (χ0n) is 16.4. The maximum atomic E-state index is 12.5. The molecule has 1 amide bonds. The van der Waals surface area contributed by atoms with Crippen LogP contribution in [0.1, 0.15) is 32.9 Å². The normalized spacial score (nSPS) is 10.5. The Morgan fingerprint density at radius 2 is 1.64 bits per heavy atom. The van der Waals surface area contributed by atoms with Crippen molar-refractivity contribution in [1.82, 2.24) is 4.57 Å². The summed E-state index contributed by atoms with van der Waals surface area (Å²) in [4.78, 5) is 24.5. The Bertz CT molecular complexity index is 973. The number of aromatic nitrogens is 1. The number of rotatable bonds is 6. The van der Waals surface area contributed by atoms with E-state index in [1.807, 2.05) is 75.4 Å². The van der Waals surface area contributed by atoms with E-state index >= 15 is 0 Å². The Hall–Kier alpha value is -3.34. The third kappa shape index (κ3) is 4.68. The van der Waals surface area contributed by atoms with E-state index in [4.69, 9.17) is 4.74 Å². The lowest BCUT2D eigenvalue weighted by Crippen LogP contribution is -2.21. The van der Waals surface area contributed by atoms with Crippen molar-refractivity contribution in [3.05, 3.63) is 88.7 Å². The van der Waals surface area contributed by atoms with Gasteiger partial charge in [0.25, 0.3) is 5.91 Å². The van der Waals surface area contributed by atoms with E-state index in [9.17, 15) is 9.59 Å². The van der Waals surface area contributed by atoms with Crippen LogP contribution in [0.2, 0.25) is 0 Å². The number of carbonyl (C=O) groups excluding carboxylic acids is 2. The Balaban J connectivity index is 1.62. The van der Waals surface area contributed by atoms with Crippen molar-refractivity contribution in [3.8, 4) is 0 Å². The van der Waals surface area contributed by atoms with Gasteiger partial charge in [0.15, 0.2) is 6.61 Å². The lowest BCUT2D eigenvalue weighted by Gasteiger charge is -2.10. The van der Waals surface area contributed by atoms with Gasteiger partial charge in [0.2, 0.25) is 0 Å². The van der Waals surface area contributed by atoms with E-state index in [1.165, 1.54) is 0 Å². The third-order valence-corrected chi connectivity index (χ3v) is 4.65. The van der Waals surface area contributed by atoms with Crippen molar-refractivity contribution >= 4 is 17.6 Å². The highest BCUT2D eigenvalue weighted by Crippen LogP contribution is 2.18. The molecule has 1 heterocycles. The fourth-order valence-electron chi connectivity index (χ4n) is 3.06. The van der Waals surface area contributed by atoms with Crippen LogP contribution in [0.3, 0.4) is 0 Å². The van der Waals surface area contributed by atoms with Gasteiger partial charge in [-0.15, -0.1) is 0 Å². The van der Waals surface area contributed by atoms with E-state index in [0.717, 1.165) is 22.5 Å². The van der Waals surface area contributed by atoms with Gasteiger partial charge in [0.1, 0.15) is 0 Å². The maximum absolute atomic E-state index is 12.5. The number of hydrogen-bond acceptors (Lipinski definition) is 3. The summed E-state index contributed by atoms with van der Waals surface area (Å²) in [5.41, 5.74) is 5.21. The molecule has 0 fully saturated rings. The Morgan fingerprint density at radius 1 is 0.964 bits per heavy atom. The predicted molar refractivity (Wildman–Crippen MR) is 110 cm³/mol. The average Bonchev–Trinajstić information content (AvgIpc) is 2.97. The minimum atomic E-state index is -0.494. The lowest BCUT2D eigenvalue weighted by molar-refractivity contribution is -0.119. The quantitative estimate of drug-likeness (QED) is 0.654. The number of carbonyl (C=O) groups is 2. The van der Waals surface area contributed by atoms with Gasteiger partial charge < -0.3 is 14.6 Å². The van der Waals surface area contributed by atoms with Crippen molar-refractivity contribution < 1.29 is 14.3 Å². The first-order valence-corrected chi connectivity index (χ1v) is 9.18. The van der Waals surface area contributed by atoms with Gasteiger partial charge in [0, 0.05) is 23.6 Å². The Labute approximate surface area is 165 Å². The minimum Gasteiger partial charge on any atom is -0.452 e. The molecule has 3 aromatic rings. The molecule has 144 valence electrons. The molecule has 1 N–H and O–H groups in total. The van der Waals surface area contributed by atoms with Crippen LogP contribution in [-0.4, -0.2) is 23.1 Å². The van der Waals surface area contributed by atoms with E-state index in [0.29, 0.717) is 17.8 Å². The molecule has 0 spiro atoms. The lowest BCUT2D eigenvalue weighted by atomic mass is 10.2. The summed E-state index contributed by atoms with van der Waals surface area (Å²) in [6.07, 6.45) is 0. The molecule has 0 unspecified atom stereocenters. The number of amides is 1. The van der Waals surface area contributed by atoms with Crippen molar-refractivity contribution in [1.29, 1.82) is 0 Å². The van der Waals surface area contributed by atoms with Crippen LogP contribution in [0, 0.1) is 20.8 Å². The van der Waals surface area contributed by atoms with E-state index in [1.54, 1.807) is 6.07 Å². The summed E-state index contributed by atoms with van der Waals surface area (Å²) in [5.74, 6) is -0.859. The highest BCUT2D eigenvalue weighted by molar-refractivity contribution is 5.96. The fraction of sp³-hybridized carbons (Fsp3) is 0.217. The van der Waals surface area contributed by atoms with Crippen LogP contribution in [0.15, 0.2) is 60.7 Å². The van der Waals surface area contributed by atoms with Crippen LogP contribution in [0.4, 0.5) is 5.69 Å². The first kappa shape index (κ1) is 19.4. The topological polar surface area (TPSA) is 60.3 Å². The number of benzene rings is 2. The summed E-state index contributed by atoms with van der Waals surface area (Å²) < 4.78 is 7.29. The molecule has 5 nitrogen and oxygen atoms in total. The first-order valence-electron chi connectivity index (χ1n) is 9.18. The van der Waals surface area contributed by atoms with Gasteiger partial charge in [-0.05, 0) is 44.5 Å². The molecule has 0 saturated heterocycles. The van der Waals surface area contributed by atoms with Crippen LogP contribution in [-0.2, 0) is 16.1 Å². The zero-order valence-corrected chi connectivity index (χ0v) is 16.4. The van der Waals surface area contributed by atoms with Gasteiger partial charge in [0.05, 0.1) is 5.56 Å². The van der Waals surface area contributed by atoms with Gasteiger partial charge in [-0.2, -0.15) is 0 Å². The second kappa shape index (κ2) is 8.57. The molecular weight excluding hydrogens is 352 g/mol. The van der Waals surface area contributed by atoms with Crippen molar-refractivity contribution in [2.75, 3.05) is 11.9 Å². The highest BCUT2D eigenvalue weighted by Gasteiger charge is 2.18. The van der Waals surface area contributed by atoms with Crippen LogP contribution >= 0.6 is 0 Å². The van der Waals surface area contributed by atoms with Crippen LogP contribution in [0.25, 0.3) is 0 Å². The summed E-state index contributed by atoms with van der Waals surface area (Å²) in [5, 5.41) is 2.72. The van der Waals surface area contributed by atoms with Crippen molar-refractivity contribution in [2.24, 2.45) is 0 Å². The number of nitrogens with zero attached hydrogens (tertiary/aromatic N) is 1. The molecule has 0 saturated carbocycles. The zero-order chi connectivity index (χ0) is 20.1. The van der Waals surface area contributed by atoms with Gasteiger partial charge >= 0.3 is 5.97 Å². The summed E-state index contributed by atoms with van der Waals surface area (Å²) in [7, 11) is 0. The molecule has 0 aliphatic carbocycles. The molecule has 1 aromatic heterocycles. The summed E-state index contributed by atoms with van der Waals surface area (Å²) >= 11 is 0. The molecule has 0 atom stereocenters. The van der Waals surface area contributed by atoms with Gasteiger partial charge in [-0.1, -0.05) is 48.0 Å². The van der Waals surface area contributed by atoms with E-state index in [2.05, 4.69) is 9.88 Å². The summed E-state index contributed by atoms with van der Waals surface area (Å²) in [6, 6.07) is 19.3. The molecule has 5 heteroatoms. The SMILES string of the molecule is Cc1ccc(NC(=O)COC(=O)c2cc(C)n(Cc3ccccc3)c2C)cc1. The molecule has 28 heavy (non-hydrogen) atoms. The molecule has 3 rings (SSSR count). The van der Waals surface area contributed by atoms with Gasteiger partial charge in [-0.25, -0.2) is 4.79 Å². The maximum Gasteiger partial charge on any atom is 0.340 e. The Morgan fingerprint density at radius 3 is 2.32 bits per heavy atom. The van der Waals surface area contributed by atoms with E-state index in [-0.39, 0.29) is 12.5 Å². The monoisotopic (exact) mass is 376 g/mol.